The highest BCUT2D eigenvalue weighted by atomic mass is 16.2. The smallest absolute Gasteiger partial charge is 0.223 e. The molecule has 0 aliphatic rings. The van der Waals surface area contributed by atoms with E-state index in [4.69, 9.17) is 5.73 Å². The van der Waals surface area contributed by atoms with E-state index >= 15 is 0 Å². The van der Waals surface area contributed by atoms with Crippen LogP contribution in [0.15, 0.2) is 0 Å². The average molecular weight is 186 g/mol. The van der Waals surface area contributed by atoms with E-state index in [1.165, 1.54) is 0 Å². The van der Waals surface area contributed by atoms with Crippen LogP contribution in [0.25, 0.3) is 0 Å². The Labute approximate surface area is 81.1 Å². The lowest BCUT2D eigenvalue weighted by Gasteiger charge is -2.26. The molecule has 0 aliphatic carbocycles. The van der Waals surface area contributed by atoms with Gasteiger partial charge in [0.15, 0.2) is 0 Å². The van der Waals surface area contributed by atoms with Crippen molar-refractivity contribution in [2.75, 3.05) is 6.54 Å². The van der Waals surface area contributed by atoms with Crippen LogP contribution in [-0.2, 0) is 4.79 Å². The van der Waals surface area contributed by atoms with Gasteiger partial charge in [-0.15, -0.1) is 0 Å². The summed E-state index contributed by atoms with van der Waals surface area (Å²) in [5.41, 5.74) is 5.24. The molecule has 0 radical (unpaired) electrons. The summed E-state index contributed by atoms with van der Waals surface area (Å²) in [5.74, 6) is 0.202. The molecule has 0 aromatic carbocycles. The highest BCUT2D eigenvalue weighted by Crippen LogP contribution is 2.07. The van der Waals surface area contributed by atoms with Gasteiger partial charge in [-0.1, -0.05) is 20.3 Å². The summed E-state index contributed by atoms with van der Waals surface area (Å²) in [6.07, 6.45) is 1.98. The number of nitrogens with two attached hydrogens (primary N) is 1. The zero-order valence-corrected chi connectivity index (χ0v) is 9.18. The van der Waals surface area contributed by atoms with Crippen LogP contribution in [-0.4, -0.2) is 18.0 Å². The summed E-state index contributed by atoms with van der Waals surface area (Å²) in [5, 5.41) is 2.93. The summed E-state index contributed by atoms with van der Waals surface area (Å²) in [6.45, 7) is 8.37. The lowest BCUT2D eigenvalue weighted by atomic mass is 10.0. The molecule has 0 fully saturated rings. The molecule has 0 heterocycles. The van der Waals surface area contributed by atoms with E-state index in [1.807, 2.05) is 20.8 Å². The van der Waals surface area contributed by atoms with Gasteiger partial charge in [-0.3, -0.25) is 4.79 Å². The quantitative estimate of drug-likeness (QED) is 0.679. The number of nitrogens with one attached hydrogen (secondary N) is 1. The number of amides is 1. The molecule has 3 heteroatoms. The zero-order valence-electron chi connectivity index (χ0n) is 9.18. The van der Waals surface area contributed by atoms with Crippen molar-refractivity contribution in [3.8, 4) is 0 Å². The Morgan fingerprint density at radius 2 is 2.08 bits per heavy atom. The second-order valence-corrected chi connectivity index (χ2v) is 4.27. The molecule has 0 aliphatic heterocycles. The first-order chi connectivity index (χ1) is 5.93. The molecule has 1 atom stereocenters. The fourth-order valence-corrected chi connectivity index (χ4v) is 1.07. The predicted molar refractivity (Wildman–Crippen MR) is 55.3 cm³/mol. The minimum absolute atomic E-state index is 0.0934. The minimum atomic E-state index is -0.279. The molecule has 0 rings (SSSR count). The Balaban J connectivity index is 3.99. The maximum atomic E-state index is 11.5. The van der Waals surface area contributed by atoms with Crippen LogP contribution in [0.5, 0.6) is 0 Å². The molecule has 0 bridgehead atoms. The van der Waals surface area contributed by atoms with Gasteiger partial charge in [-0.2, -0.15) is 0 Å². The molecule has 0 aromatic rings. The average Bonchev–Trinajstić information content (AvgIpc) is 2.04. The largest absolute Gasteiger partial charge is 0.350 e. The second kappa shape index (κ2) is 5.22. The molecular formula is C10H22N2O. The van der Waals surface area contributed by atoms with Gasteiger partial charge in [0.2, 0.25) is 5.91 Å². The molecule has 13 heavy (non-hydrogen) atoms. The standard InChI is InChI=1S/C10H22N2O/c1-5-6-8(2)9(13)12-10(3,4)7-11/h8H,5-7,11H2,1-4H3,(H,12,13). The summed E-state index contributed by atoms with van der Waals surface area (Å²) < 4.78 is 0. The third-order valence-electron chi connectivity index (χ3n) is 2.14. The van der Waals surface area contributed by atoms with Gasteiger partial charge in [0.05, 0.1) is 0 Å². The Morgan fingerprint density at radius 3 is 2.46 bits per heavy atom. The van der Waals surface area contributed by atoms with Crippen molar-refractivity contribution in [1.29, 1.82) is 0 Å². The van der Waals surface area contributed by atoms with E-state index < -0.39 is 0 Å². The molecule has 1 amide bonds. The van der Waals surface area contributed by atoms with Crippen LogP contribution in [0.4, 0.5) is 0 Å². The summed E-state index contributed by atoms with van der Waals surface area (Å²) in [4.78, 5) is 11.5. The third-order valence-corrected chi connectivity index (χ3v) is 2.14. The van der Waals surface area contributed by atoms with Crippen molar-refractivity contribution >= 4 is 5.91 Å². The Kier molecular flexibility index (Phi) is 4.99. The van der Waals surface area contributed by atoms with Crippen molar-refractivity contribution in [1.82, 2.24) is 5.32 Å². The number of hydrogen-bond acceptors (Lipinski definition) is 2. The molecule has 0 spiro atoms. The van der Waals surface area contributed by atoms with Crippen molar-refractivity contribution in [3.63, 3.8) is 0 Å². The van der Waals surface area contributed by atoms with Gasteiger partial charge in [-0.05, 0) is 20.3 Å². The van der Waals surface area contributed by atoms with Gasteiger partial charge >= 0.3 is 0 Å². The topological polar surface area (TPSA) is 55.1 Å². The summed E-state index contributed by atoms with van der Waals surface area (Å²) in [7, 11) is 0. The maximum Gasteiger partial charge on any atom is 0.223 e. The molecular weight excluding hydrogens is 164 g/mol. The molecule has 78 valence electrons. The van der Waals surface area contributed by atoms with Crippen LogP contribution in [0, 0.1) is 5.92 Å². The van der Waals surface area contributed by atoms with Crippen molar-refractivity contribution in [2.45, 2.75) is 46.1 Å². The van der Waals surface area contributed by atoms with Crippen LogP contribution in [0.3, 0.4) is 0 Å². The Hall–Kier alpha value is -0.570. The fourth-order valence-electron chi connectivity index (χ4n) is 1.07. The van der Waals surface area contributed by atoms with Crippen molar-refractivity contribution < 1.29 is 4.79 Å². The van der Waals surface area contributed by atoms with Gasteiger partial charge < -0.3 is 11.1 Å². The normalized spacial score (nSPS) is 13.9. The van der Waals surface area contributed by atoms with Crippen LogP contribution in [0.1, 0.15) is 40.5 Å². The lowest BCUT2D eigenvalue weighted by molar-refractivity contribution is -0.126. The number of rotatable bonds is 5. The molecule has 0 saturated carbocycles. The van der Waals surface area contributed by atoms with Gasteiger partial charge in [0.25, 0.3) is 0 Å². The highest BCUT2D eigenvalue weighted by Gasteiger charge is 2.21. The van der Waals surface area contributed by atoms with Crippen molar-refractivity contribution in [3.05, 3.63) is 0 Å². The van der Waals surface area contributed by atoms with Crippen LogP contribution in [0.2, 0.25) is 0 Å². The Morgan fingerprint density at radius 1 is 1.54 bits per heavy atom. The first kappa shape index (κ1) is 12.4. The summed E-state index contributed by atoms with van der Waals surface area (Å²) >= 11 is 0. The van der Waals surface area contributed by atoms with Gasteiger partial charge in [0.1, 0.15) is 0 Å². The van der Waals surface area contributed by atoms with E-state index in [0.29, 0.717) is 6.54 Å². The van der Waals surface area contributed by atoms with Gasteiger partial charge in [-0.25, -0.2) is 0 Å². The SMILES string of the molecule is CCCC(C)C(=O)NC(C)(C)CN. The predicted octanol–water partition coefficient (Wildman–Crippen LogP) is 1.28. The maximum absolute atomic E-state index is 11.5. The molecule has 3 N–H and O–H groups in total. The monoisotopic (exact) mass is 186 g/mol. The number of carbonyl (C=O) groups is 1. The first-order valence-electron chi connectivity index (χ1n) is 4.95. The number of carbonyl (C=O) groups excluding carboxylic acids is 1. The molecule has 0 aromatic heterocycles. The Bertz CT molecular complexity index is 166. The van der Waals surface area contributed by atoms with Crippen LogP contribution < -0.4 is 11.1 Å². The highest BCUT2D eigenvalue weighted by molar-refractivity contribution is 5.78. The fraction of sp³-hybridized carbons (Fsp3) is 0.900. The van der Waals surface area contributed by atoms with E-state index in [2.05, 4.69) is 12.2 Å². The number of hydrogen-bond donors (Lipinski definition) is 2. The molecule has 0 saturated heterocycles. The van der Waals surface area contributed by atoms with Crippen LogP contribution >= 0.6 is 0 Å². The summed E-state index contributed by atoms with van der Waals surface area (Å²) in [6, 6.07) is 0. The zero-order chi connectivity index (χ0) is 10.5. The third kappa shape index (κ3) is 4.88. The minimum Gasteiger partial charge on any atom is -0.350 e. The van der Waals surface area contributed by atoms with E-state index in [1.54, 1.807) is 0 Å². The first-order valence-corrected chi connectivity index (χ1v) is 4.95. The molecule has 3 nitrogen and oxygen atoms in total. The lowest BCUT2D eigenvalue weighted by Crippen LogP contribution is -2.50. The van der Waals surface area contributed by atoms with E-state index in [0.717, 1.165) is 12.8 Å². The van der Waals surface area contributed by atoms with E-state index in [9.17, 15) is 4.79 Å². The van der Waals surface area contributed by atoms with E-state index in [-0.39, 0.29) is 17.4 Å². The molecule has 1 unspecified atom stereocenters. The van der Waals surface area contributed by atoms with Crippen molar-refractivity contribution in [2.24, 2.45) is 11.7 Å². The second-order valence-electron chi connectivity index (χ2n) is 4.27. The van der Waals surface area contributed by atoms with Gasteiger partial charge in [0, 0.05) is 18.0 Å².